The molecule has 0 aromatic heterocycles. The molecule has 0 heterocycles. The summed E-state index contributed by atoms with van der Waals surface area (Å²) in [7, 11) is 0. The Morgan fingerprint density at radius 2 is 1.33 bits per heavy atom. The fourth-order valence-electron chi connectivity index (χ4n) is 4.71. The maximum Gasteiger partial charge on any atom is 0.194 e. The van der Waals surface area contributed by atoms with E-state index in [4.69, 9.17) is 0 Å². The molecule has 0 aliphatic heterocycles. The molecule has 2 saturated carbocycles. The lowest BCUT2D eigenvalue weighted by molar-refractivity contribution is 0.295. The molecule has 0 N–H and O–H groups in total. The lowest BCUT2D eigenvalue weighted by Gasteiger charge is -2.27. The Kier molecular flexibility index (Phi) is 7.27. The van der Waals surface area contributed by atoms with E-state index in [0.29, 0.717) is 17.4 Å². The molecule has 1 aromatic carbocycles. The second-order valence-corrected chi connectivity index (χ2v) is 8.50. The smallest absolute Gasteiger partial charge is 0.194 e. The van der Waals surface area contributed by atoms with Gasteiger partial charge in [0.15, 0.2) is 17.5 Å². The van der Waals surface area contributed by atoms with E-state index in [1.54, 1.807) is 0 Å². The number of rotatable bonds is 4. The Balaban J connectivity index is 1.46. The molecule has 0 saturated heterocycles. The Morgan fingerprint density at radius 3 is 1.85 bits per heavy atom. The molecule has 3 heteroatoms. The second kappa shape index (κ2) is 9.67. The molecule has 2 aliphatic carbocycles. The average molecular weight is 377 g/mol. The lowest BCUT2D eigenvalue weighted by atomic mass is 9.77. The van der Waals surface area contributed by atoms with Crippen molar-refractivity contribution in [2.75, 3.05) is 0 Å². The van der Waals surface area contributed by atoms with Gasteiger partial charge < -0.3 is 0 Å². The van der Waals surface area contributed by atoms with Crippen LogP contribution in [0.5, 0.6) is 0 Å². The quantitative estimate of drug-likeness (QED) is 0.380. The summed E-state index contributed by atoms with van der Waals surface area (Å²) in [5.41, 5.74) is 0.586. The monoisotopic (exact) mass is 376 g/mol. The van der Waals surface area contributed by atoms with Crippen molar-refractivity contribution < 1.29 is 13.2 Å². The van der Waals surface area contributed by atoms with Gasteiger partial charge in [-0.05, 0) is 80.9 Å². The summed E-state index contributed by atoms with van der Waals surface area (Å²) >= 11 is 0. The summed E-state index contributed by atoms with van der Waals surface area (Å²) in [6, 6.07) is 2.32. The van der Waals surface area contributed by atoms with E-state index in [1.165, 1.54) is 44.9 Å². The fraction of sp³-hybridized carbons (Fsp3) is 0.667. The average Bonchev–Trinajstić information content (AvgIpc) is 2.69. The Hall–Kier alpha value is -1.43. The molecule has 0 bridgehead atoms. The molecule has 2 fully saturated rings. The maximum absolute atomic E-state index is 13.5. The van der Waals surface area contributed by atoms with Gasteiger partial charge in [0.2, 0.25) is 0 Å². The van der Waals surface area contributed by atoms with E-state index in [1.807, 2.05) is 0 Å². The zero-order valence-electron chi connectivity index (χ0n) is 16.4. The van der Waals surface area contributed by atoms with Gasteiger partial charge in [0.05, 0.1) is 0 Å². The first kappa shape index (κ1) is 20.3. The van der Waals surface area contributed by atoms with Crippen LogP contribution in [0.4, 0.5) is 13.2 Å². The third-order valence-corrected chi connectivity index (χ3v) is 6.51. The zero-order valence-corrected chi connectivity index (χ0v) is 16.4. The predicted molar refractivity (Wildman–Crippen MR) is 104 cm³/mol. The van der Waals surface area contributed by atoms with Gasteiger partial charge in [-0.2, -0.15) is 0 Å². The normalized spacial score (nSPS) is 28.4. The Labute approximate surface area is 161 Å². The standard InChI is InChI=1S/C24H31F3/c1-2-3-4-17-5-7-18(8-6-17)9-10-19-11-13-20(14-12-19)21-15-22(25)24(27)23(26)16-21/h15-20H,2-8,11-14H2,1H3/t17-,18-,19?,20?. The van der Waals surface area contributed by atoms with Crippen LogP contribution in [0, 0.1) is 47.0 Å². The summed E-state index contributed by atoms with van der Waals surface area (Å²) in [6.45, 7) is 2.26. The van der Waals surface area contributed by atoms with Crippen molar-refractivity contribution in [2.45, 2.75) is 83.5 Å². The third kappa shape index (κ3) is 5.53. The van der Waals surface area contributed by atoms with Crippen LogP contribution in [-0.4, -0.2) is 0 Å². The number of hydrogen-bond acceptors (Lipinski definition) is 0. The topological polar surface area (TPSA) is 0 Å². The minimum atomic E-state index is -1.37. The van der Waals surface area contributed by atoms with E-state index in [9.17, 15) is 13.2 Å². The minimum Gasteiger partial charge on any atom is -0.204 e. The SMILES string of the molecule is CCCC[C@H]1CC[C@H](C#CC2CCC(c3cc(F)c(F)c(F)c3)CC2)CC1. The van der Waals surface area contributed by atoms with Gasteiger partial charge in [0.1, 0.15) is 0 Å². The molecule has 148 valence electrons. The molecule has 0 radical (unpaired) electrons. The van der Waals surface area contributed by atoms with Crippen molar-refractivity contribution in [3.8, 4) is 11.8 Å². The van der Waals surface area contributed by atoms with E-state index in [0.717, 1.165) is 43.7 Å². The van der Waals surface area contributed by atoms with Crippen LogP contribution in [0.15, 0.2) is 12.1 Å². The summed E-state index contributed by atoms with van der Waals surface area (Å²) in [5, 5.41) is 0. The van der Waals surface area contributed by atoms with Crippen LogP contribution >= 0.6 is 0 Å². The molecular formula is C24H31F3. The highest BCUT2D eigenvalue weighted by atomic mass is 19.2. The van der Waals surface area contributed by atoms with Crippen molar-refractivity contribution in [2.24, 2.45) is 17.8 Å². The highest BCUT2D eigenvalue weighted by Crippen LogP contribution is 2.37. The highest BCUT2D eigenvalue weighted by molar-refractivity contribution is 5.24. The molecule has 27 heavy (non-hydrogen) atoms. The third-order valence-electron chi connectivity index (χ3n) is 6.51. The van der Waals surface area contributed by atoms with Crippen LogP contribution in [0.25, 0.3) is 0 Å². The van der Waals surface area contributed by atoms with Crippen molar-refractivity contribution in [1.82, 2.24) is 0 Å². The highest BCUT2D eigenvalue weighted by Gasteiger charge is 2.24. The summed E-state index contributed by atoms with van der Waals surface area (Å²) in [4.78, 5) is 0. The van der Waals surface area contributed by atoms with E-state index >= 15 is 0 Å². The number of unbranched alkanes of at least 4 members (excludes halogenated alkanes) is 1. The number of halogens is 3. The predicted octanol–water partition coefficient (Wildman–Crippen LogP) is 7.38. The van der Waals surface area contributed by atoms with Gasteiger partial charge in [0.25, 0.3) is 0 Å². The van der Waals surface area contributed by atoms with Crippen LogP contribution in [0.1, 0.15) is 89.0 Å². The maximum atomic E-state index is 13.5. The first-order valence-corrected chi connectivity index (χ1v) is 10.7. The van der Waals surface area contributed by atoms with E-state index in [-0.39, 0.29) is 5.92 Å². The number of benzene rings is 1. The lowest BCUT2D eigenvalue weighted by Crippen LogP contribution is -2.15. The van der Waals surface area contributed by atoms with Crippen LogP contribution in [0.2, 0.25) is 0 Å². The molecule has 0 amide bonds. The largest absolute Gasteiger partial charge is 0.204 e. The Morgan fingerprint density at radius 1 is 0.815 bits per heavy atom. The molecule has 0 spiro atoms. The van der Waals surface area contributed by atoms with Gasteiger partial charge in [-0.3, -0.25) is 0 Å². The van der Waals surface area contributed by atoms with Crippen molar-refractivity contribution in [1.29, 1.82) is 0 Å². The van der Waals surface area contributed by atoms with Crippen LogP contribution < -0.4 is 0 Å². The minimum absolute atomic E-state index is 0.113. The van der Waals surface area contributed by atoms with Gasteiger partial charge in [0, 0.05) is 11.8 Å². The summed E-state index contributed by atoms with van der Waals surface area (Å²) in [6.07, 6.45) is 12.8. The molecule has 0 unspecified atom stereocenters. The van der Waals surface area contributed by atoms with Crippen molar-refractivity contribution in [3.63, 3.8) is 0 Å². The molecular weight excluding hydrogens is 345 g/mol. The first-order chi connectivity index (χ1) is 13.1. The second-order valence-electron chi connectivity index (χ2n) is 8.50. The van der Waals surface area contributed by atoms with Crippen molar-refractivity contribution >= 4 is 0 Å². The van der Waals surface area contributed by atoms with Gasteiger partial charge in [-0.25, -0.2) is 13.2 Å². The van der Waals surface area contributed by atoms with Gasteiger partial charge in [-0.15, -0.1) is 0 Å². The molecule has 2 aliphatic rings. The fourth-order valence-corrected chi connectivity index (χ4v) is 4.71. The number of hydrogen-bond donors (Lipinski definition) is 0. The molecule has 3 rings (SSSR count). The molecule has 1 aromatic rings. The van der Waals surface area contributed by atoms with E-state index < -0.39 is 17.5 Å². The molecule has 0 atom stereocenters. The van der Waals surface area contributed by atoms with Crippen LogP contribution in [-0.2, 0) is 0 Å². The van der Waals surface area contributed by atoms with Crippen molar-refractivity contribution in [3.05, 3.63) is 35.1 Å². The van der Waals surface area contributed by atoms with E-state index in [2.05, 4.69) is 18.8 Å². The summed E-state index contributed by atoms with van der Waals surface area (Å²) in [5.74, 6) is 5.47. The summed E-state index contributed by atoms with van der Waals surface area (Å²) < 4.78 is 40.0. The zero-order chi connectivity index (χ0) is 19.2. The molecule has 0 nitrogen and oxygen atoms in total. The van der Waals surface area contributed by atoms with Crippen LogP contribution in [0.3, 0.4) is 0 Å². The van der Waals surface area contributed by atoms with Gasteiger partial charge in [-0.1, -0.05) is 38.0 Å². The first-order valence-electron chi connectivity index (χ1n) is 10.7. The Bertz CT molecular complexity index is 646. The van der Waals surface area contributed by atoms with Gasteiger partial charge >= 0.3 is 0 Å².